The highest BCUT2D eigenvalue weighted by atomic mass is 32.2. The van der Waals surface area contributed by atoms with Crippen molar-refractivity contribution in [3.05, 3.63) is 46.6 Å². The summed E-state index contributed by atoms with van der Waals surface area (Å²) < 4.78 is 1.82. The van der Waals surface area contributed by atoms with Crippen molar-refractivity contribution in [3.8, 4) is 0 Å². The number of aromatic nitrogens is 3. The molecule has 33 heavy (non-hydrogen) atoms. The Labute approximate surface area is 196 Å². The Hall–Kier alpha value is -3.52. The molecular weight excluding hydrogens is 470 g/mol. The third kappa shape index (κ3) is 4.39. The number of thioether (sulfide) groups is 1. The molecule has 2 atom stereocenters. The molecule has 172 valence electrons. The molecule has 0 saturated carbocycles. The second-order valence-electron chi connectivity index (χ2n) is 7.18. The van der Waals surface area contributed by atoms with Crippen LogP contribution in [-0.2, 0) is 25.8 Å². The number of nitrogens with zero attached hydrogens (tertiary/aromatic N) is 5. The number of aryl methyl sites for hydroxylation is 1. The highest BCUT2D eigenvalue weighted by molar-refractivity contribution is 8.00. The average molecular weight is 491 g/mol. The number of carbonyl (C=O) groups excluding carboxylic acids is 2. The van der Waals surface area contributed by atoms with E-state index in [1.165, 1.54) is 23.8 Å². The Balaban J connectivity index is 1.54. The molecule has 1 saturated heterocycles. The minimum absolute atomic E-state index is 0.0609. The zero-order valence-corrected chi connectivity index (χ0v) is 19.2. The quantitative estimate of drug-likeness (QED) is 0.201. The summed E-state index contributed by atoms with van der Waals surface area (Å²) in [5.41, 5.74) is 7.04. The molecule has 0 aliphatic carbocycles. The fourth-order valence-electron chi connectivity index (χ4n) is 3.58. The second kappa shape index (κ2) is 9.15. The number of carboxylic acids is 1. The van der Waals surface area contributed by atoms with E-state index in [1.807, 2.05) is 11.5 Å². The van der Waals surface area contributed by atoms with Gasteiger partial charge < -0.3 is 21.0 Å². The molecule has 0 aromatic carbocycles. The van der Waals surface area contributed by atoms with Gasteiger partial charge in [-0.3, -0.25) is 14.5 Å². The number of amides is 2. The first kappa shape index (κ1) is 22.7. The van der Waals surface area contributed by atoms with Crippen molar-refractivity contribution in [1.29, 1.82) is 0 Å². The number of aliphatic carboxylic acids is 1. The van der Waals surface area contributed by atoms with Gasteiger partial charge in [0.15, 0.2) is 29.8 Å². The van der Waals surface area contributed by atoms with Crippen molar-refractivity contribution < 1.29 is 28.9 Å². The van der Waals surface area contributed by atoms with Crippen LogP contribution in [0.3, 0.4) is 0 Å². The molecule has 2 aromatic rings. The fourth-order valence-corrected chi connectivity index (χ4v) is 5.46. The monoisotopic (exact) mass is 490 g/mol. The number of hydrogen-bond donors (Lipinski definition) is 3. The van der Waals surface area contributed by atoms with Crippen LogP contribution < -0.4 is 15.6 Å². The van der Waals surface area contributed by atoms with Crippen LogP contribution in [0.4, 0.5) is 5.13 Å². The molecule has 0 unspecified atom stereocenters. The maximum atomic E-state index is 12.9. The number of carbonyl (C=O) groups is 3. The largest absolute Gasteiger partial charge is 0.477 e. The Kier molecular flexibility index (Phi) is 6.29. The molecule has 2 amide bonds. The van der Waals surface area contributed by atoms with E-state index < -0.39 is 29.2 Å². The number of rotatable bonds is 7. The number of nitrogens with two attached hydrogens (primary N) is 1. The van der Waals surface area contributed by atoms with Crippen LogP contribution in [0.5, 0.6) is 0 Å². The number of thiazole rings is 1. The van der Waals surface area contributed by atoms with Crippen molar-refractivity contribution in [2.45, 2.75) is 24.9 Å². The Bertz CT molecular complexity index is 1190. The Morgan fingerprint density at radius 2 is 2.27 bits per heavy atom. The number of hydrogen-bond acceptors (Lipinski definition) is 10. The maximum absolute atomic E-state index is 12.9. The van der Waals surface area contributed by atoms with Gasteiger partial charge in [-0.25, -0.2) is 14.8 Å². The summed E-state index contributed by atoms with van der Waals surface area (Å²) in [6.07, 6.45) is 5.16. The average Bonchev–Trinajstić information content (AvgIpc) is 3.21. The van der Waals surface area contributed by atoms with Crippen LogP contribution in [0, 0.1) is 6.92 Å². The molecule has 0 bridgehead atoms. The van der Waals surface area contributed by atoms with Gasteiger partial charge in [0.05, 0.1) is 6.20 Å². The van der Waals surface area contributed by atoms with Crippen LogP contribution in [0.15, 0.2) is 40.4 Å². The molecule has 2 aliphatic rings. The zero-order valence-electron chi connectivity index (χ0n) is 17.6. The van der Waals surface area contributed by atoms with E-state index >= 15 is 0 Å². The lowest BCUT2D eigenvalue weighted by atomic mass is 10.0. The van der Waals surface area contributed by atoms with Crippen LogP contribution in [0.25, 0.3) is 0 Å². The lowest BCUT2D eigenvalue weighted by Gasteiger charge is -2.49. The number of oxime groups is 1. The molecule has 2 aliphatic heterocycles. The summed E-state index contributed by atoms with van der Waals surface area (Å²) in [5.74, 6) is -1.99. The van der Waals surface area contributed by atoms with E-state index in [1.54, 1.807) is 24.0 Å². The van der Waals surface area contributed by atoms with Gasteiger partial charge in [-0.05, 0) is 6.92 Å². The Morgan fingerprint density at radius 1 is 1.48 bits per heavy atom. The number of β-lactam (4-membered cyclic amide) rings is 1. The van der Waals surface area contributed by atoms with Crippen molar-refractivity contribution >= 4 is 51.7 Å². The van der Waals surface area contributed by atoms with E-state index in [0.29, 0.717) is 17.9 Å². The van der Waals surface area contributed by atoms with Gasteiger partial charge in [-0.15, -0.1) is 23.1 Å². The summed E-state index contributed by atoms with van der Waals surface area (Å²) in [7, 11) is 1.28. The molecule has 1 fully saturated rings. The van der Waals surface area contributed by atoms with E-state index in [0.717, 1.165) is 17.0 Å². The first-order chi connectivity index (χ1) is 15.8. The SMILES string of the molecule is CO/N=C(\C(=O)N[C@@H]1C(=O)N2C(C(=O)O)=C(C[n+]3ccnc(C)c3)CS[C@H]12)c1csc(N)n1. The second-order valence-corrected chi connectivity index (χ2v) is 9.18. The predicted octanol–water partition coefficient (Wildman–Crippen LogP) is -0.494. The summed E-state index contributed by atoms with van der Waals surface area (Å²) in [4.78, 5) is 51.9. The first-order valence-electron chi connectivity index (χ1n) is 9.65. The highest BCUT2D eigenvalue weighted by Crippen LogP contribution is 2.40. The number of fused-ring (bicyclic) bond motifs is 1. The van der Waals surface area contributed by atoms with Gasteiger partial charge in [0, 0.05) is 16.7 Å². The molecule has 4 N–H and O–H groups in total. The lowest BCUT2D eigenvalue weighted by molar-refractivity contribution is -0.689. The van der Waals surface area contributed by atoms with Crippen LogP contribution in [0.1, 0.15) is 11.4 Å². The summed E-state index contributed by atoms with van der Waals surface area (Å²) in [6, 6.07) is -0.910. The van der Waals surface area contributed by atoms with E-state index in [-0.39, 0.29) is 22.2 Å². The molecule has 0 radical (unpaired) electrons. The minimum atomic E-state index is -1.20. The highest BCUT2D eigenvalue weighted by Gasteiger charge is 2.54. The molecule has 14 heteroatoms. The van der Waals surface area contributed by atoms with Gasteiger partial charge >= 0.3 is 5.97 Å². The van der Waals surface area contributed by atoms with Gasteiger partial charge in [0.1, 0.15) is 35.6 Å². The van der Waals surface area contributed by atoms with Crippen molar-refractivity contribution in [1.82, 2.24) is 20.2 Å². The third-order valence-corrected chi connectivity index (χ3v) is 6.97. The molecule has 4 heterocycles. The molecule has 12 nitrogen and oxygen atoms in total. The number of nitrogen functional groups attached to an aromatic ring is 1. The summed E-state index contributed by atoms with van der Waals surface area (Å²) in [5, 5.41) is 17.4. The van der Waals surface area contributed by atoms with E-state index in [9.17, 15) is 19.5 Å². The van der Waals surface area contributed by atoms with E-state index in [4.69, 9.17) is 10.6 Å². The lowest BCUT2D eigenvalue weighted by Crippen LogP contribution is -2.71. The zero-order chi connectivity index (χ0) is 23.7. The topological polar surface area (TPSA) is 164 Å². The van der Waals surface area contributed by atoms with Crippen molar-refractivity contribution in [2.24, 2.45) is 5.16 Å². The Morgan fingerprint density at radius 3 is 2.91 bits per heavy atom. The fraction of sp³-hybridized carbons (Fsp3) is 0.316. The van der Waals surface area contributed by atoms with Crippen LogP contribution >= 0.6 is 23.1 Å². The minimum Gasteiger partial charge on any atom is -0.477 e. The van der Waals surface area contributed by atoms with Crippen molar-refractivity contribution in [3.63, 3.8) is 0 Å². The number of anilines is 1. The number of carboxylic acid groups (broad SMARTS) is 1. The van der Waals surface area contributed by atoms with Gasteiger partial charge in [-0.2, -0.15) is 4.57 Å². The summed E-state index contributed by atoms with van der Waals surface area (Å²) in [6.45, 7) is 2.14. The molecular formula is C19H20N7O5S2+. The van der Waals surface area contributed by atoms with Crippen molar-refractivity contribution in [2.75, 3.05) is 18.6 Å². The normalized spacial score (nSPS) is 20.2. The third-order valence-electron chi connectivity index (χ3n) is 4.96. The standard InChI is InChI=1S/C19H19N7O5S2/c1-9-5-25(4-3-21-9)6-10-7-32-17-13(16(28)26(17)14(10)18(29)30)23-15(27)12(24-31-2)11-8-33-19(20)22-11/h3-5,8,13,17H,6-7H2,1-2H3,(H3-,20,22,23,27,29,30)/p+1/b24-12-/t13-,17-/m1/s1. The molecule has 0 spiro atoms. The maximum Gasteiger partial charge on any atom is 0.352 e. The van der Waals surface area contributed by atoms with Crippen LogP contribution in [0.2, 0.25) is 0 Å². The van der Waals surface area contributed by atoms with E-state index in [2.05, 4.69) is 20.4 Å². The molecule has 4 rings (SSSR count). The van der Waals surface area contributed by atoms with Gasteiger partial charge in [0.2, 0.25) is 0 Å². The predicted molar refractivity (Wildman–Crippen MR) is 119 cm³/mol. The van der Waals surface area contributed by atoms with Gasteiger partial charge in [0.25, 0.3) is 11.8 Å². The first-order valence-corrected chi connectivity index (χ1v) is 11.6. The van der Waals surface area contributed by atoms with Gasteiger partial charge in [-0.1, -0.05) is 5.16 Å². The molecule has 2 aromatic heterocycles. The smallest absolute Gasteiger partial charge is 0.352 e. The summed E-state index contributed by atoms with van der Waals surface area (Å²) >= 11 is 2.51. The van der Waals surface area contributed by atoms with Crippen LogP contribution in [-0.4, -0.2) is 67.7 Å². The number of nitrogens with one attached hydrogen (secondary N) is 1.